The largest absolute Gasteiger partial charge is 0.493 e. The minimum atomic E-state index is -1.51. The molecule has 33 heavy (non-hydrogen) atoms. The highest BCUT2D eigenvalue weighted by molar-refractivity contribution is 6.12. The molecule has 2 N–H and O–H groups in total. The fourth-order valence-corrected chi connectivity index (χ4v) is 5.46. The lowest BCUT2D eigenvalue weighted by molar-refractivity contribution is -0.129. The van der Waals surface area contributed by atoms with Crippen LogP contribution in [0.25, 0.3) is 0 Å². The van der Waals surface area contributed by atoms with Crippen molar-refractivity contribution >= 4 is 17.4 Å². The smallest absolute Gasteiger partial charge is 0.231 e. The SMILES string of the molecule is COc1ccc(C2CC(O)(c3ccccc3)C3C(=O)Nc4ccccc4C(=O)C23)cc1OC. The number of methoxy groups -OCH3 is 2. The van der Waals surface area contributed by atoms with Gasteiger partial charge < -0.3 is 19.9 Å². The zero-order valence-corrected chi connectivity index (χ0v) is 18.4. The van der Waals surface area contributed by atoms with Crippen molar-refractivity contribution in [3.63, 3.8) is 0 Å². The molecule has 0 aromatic heterocycles. The molecule has 0 saturated heterocycles. The van der Waals surface area contributed by atoms with Crippen molar-refractivity contribution in [3.8, 4) is 11.5 Å². The Morgan fingerprint density at radius 2 is 1.61 bits per heavy atom. The molecule has 3 aromatic carbocycles. The van der Waals surface area contributed by atoms with Crippen LogP contribution < -0.4 is 14.8 Å². The first-order valence-electron chi connectivity index (χ1n) is 10.9. The van der Waals surface area contributed by atoms with Gasteiger partial charge in [-0.25, -0.2) is 0 Å². The molecule has 4 unspecified atom stereocenters. The second-order valence-electron chi connectivity index (χ2n) is 8.62. The van der Waals surface area contributed by atoms with Gasteiger partial charge in [-0.05, 0) is 47.7 Å². The predicted molar refractivity (Wildman–Crippen MR) is 124 cm³/mol. The van der Waals surface area contributed by atoms with E-state index in [-0.39, 0.29) is 18.1 Å². The maximum atomic E-state index is 13.9. The molecule has 0 radical (unpaired) electrons. The molecule has 5 rings (SSSR count). The van der Waals surface area contributed by atoms with Crippen LogP contribution in [0.5, 0.6) is 11.5 Å². The van der Waals surface area contributed by atoms with E-state index in [2.05, 4.69) is 5.32 Å². The normalized spacial score (nSPS) is 26.1. The van der Waals surface area contributed by atoms with Crippen LogP contribution >= 0.6 is 0 Å². The van der Waals surface area contributed by atoms with Gasteiger partial charge >= 0.3 is 0 Å². The molecule has 1 heterocycles. The van der Waals surface area contributed by atoms with Crippen LogP contribution in [0, 0.1) is 11.8 Å². The molecule has 1 fully saturated rings. The van der Waals surface area contributed by atoms with Crippen molar-refractivity contribution in [2.45, 2.75) is 17.9 Å². The average molecular weight is 443 g/mol. The summed E-state index contributed by atoms with van der Waals surface area (Å²) >= 11 is 0. The van der Waals surface area contributed by atoms with Crippen molar-refractivity contribution in [1.82, 2.24) is 0 Å². The van der Waals surface area contributed by atoms with E-state index in [1.165, 1.54) is 0 Å². The molecular weight excluding hydrogens is 418 g/mol. The molecule has 3 aromatic rings. The van der Waals surface area contributed by atoms with E-state index in [1.54, 1.807) is 44.6 Å². The lowest BCUT2D eigenvalue weighted by atomic mass is 9.77. The minimum absolute atomic E-state index is 0.152. The first kappa shape index (κ1) is 21.2. The Morgan fingerprint density at radius 1 is 0.909 bits per heavy atom. The maximum absolute atomic E-state index is 13.9. The summed E-state index contributed by atoms with van der Waals surface area (Å²) in [6, 6.07) is 21.7. The summed E-state index contributed by atoms with van der Waals surface area (Å²) < 4.78 is 10.9. The van der Waals surface area contributed by atoms with Crippen LogP contribution in [0.15, 0.2) is 72.8 Å². The van der Waals surface area contributed by atoms with Crippen LogP contribution in [0.1, 0.15) is 33.8 Å². The number of carbonyl (C=O) groups excluding carboxylic acids is 2. The average Bonchev–Trinajstić information content (AvgIpc) is 3.12. The topological polar surface area (TPSA) is 84.9 Å². The van der Waals surface area contributed by atoms with Crippen molar-refractivity contribution in [3.05, 3.63) is 89.5 Å². The number of nitrogens with one attached hydrogen (secondary N) is 1. The number of fused-ring (bicyclic) bond motifs is 2. The summed E-state index contributed by atoms with van der Waals surface area (Å²) in [4.78, 5) is 27.4. The second-order valence-corrected chi connectivity index (χ2v) is 8.62. The Bertz CT molecular complexity index is 1220. The third-order valence-electron chi connectivity index (χ3n) is 6.98. The lowest BCUT2D eigenvalue weighted by Crippen LogP contribution is -2.41. The number of ketones is 1. The van der Waals surface area contributed by atoms with Gasteiger partial charge in [0.05, 0.1) is 25.8 Å². The molecule has 6 heteroatoms. The van der Waals surface area contributed by atoms with Crippen LogP contribution in [0.2, 0.25) is 0 Å². The van der Waals surface area contributed by atoms with Gasteiger partial charge in [0.15, 0.2) is 17.3 Å². The Labute approximate surface area is 192 Å². The third kappa shape index (κ3) is 3.29. The van der Waals surface area contributed by atoms with Gasteiger partial charge in [0.25, 0.3) is 0 Å². The van der Waals surface area contributed by atoms with Crippen molar-refractivity contribution in [2.24, 2.45) is 11.8 Å². The van der Waals surface area contributed by atoms with Gasteiger partial charge in [-0.3, -0.25) is 9.59 Å². The molecule has 4 atom stereocenters. The summed E-state index contributed by atoms with van der Waals surface area (Å²) in [6.07, 6.45) is 0.225. The number of anilines is 1. The van der Waals surface area contributed by atoms with Crippen LogP contribution in [0.3, 0.4) is 0 Å². The van der Waals surface area contributed by atoms with Gasteiger partial charge in [0, 0.05) is 11.5 Å². The molecule has 1 aliphatic carbocycles. The number of para-hydroxylation sites is 1. The predicted octanol–water partition coefficient (Wildman–Crippen LogP) is 4.15. The highest BCUT2D eigenvalue weighted by Crippen LogP contribution is 2.57. The fraction of sp³-hybridized carbons (Fsp3) is 0.259. The fourth-order valence-electron chi connectivity index (χ4n) is 5.46. The summed E-state index contributed by atoms with van der Waals surface area (Å²) in [5, 5.41) is 14.9. The number of hydrogen-bond acceptors (Lipinski definition) is 5. The first-order valence-corrected chi connectivity index (χ1v) is 10.9. The summed E-state index contributed by atoms with van der Waals surface area (Å²) in [5.41, 5.74) is 0.863. The van der Waals surface area contributed by atoms with Crippen LogP contribution in [0.4, 0.5) is 5.69 Å². The van der Waals surface area contributed by atoms with Crippen molar-refractivity contribution in [2.75, 3.05) is 19.5 Å². The molecular formula is C27H25NO5. The van der Waals surface area contributed by atoms with E-state index in [1.807, 2.05) is 42.5 Å². The number of hydrogen-bond donors (Lipinski definition) is 2. The first-order chi connectivity index (χ1) is 16.0. The third-order valence-corrected chi connectivity index (χ3v) is 6.98. The standard InChI is InChI=1S/C27H25NO5/c1-32-21-13-12-16(14-22(21)33-2)19-15-27(31,17-8-4-3-5-9-17)24-23(19)25(29)18-10-6-7-11-20(18)28-26(24)30/h3-14,19,23-24,31H,15H2,1-2H3,(H,28,30). The highest BCUT2D eigenvalue weighted by atomic mass is 16.5. The van der Waals surface area contributed by atoms with E-state index >= 15 is 0 Å². The van der Waals surface area contributed by atoms with E-state index in [9.17, 15) is 14.7 Å². The zero-order chi connectivity index (χ0) is 23.2. The quantitative estimate of drug-likeness (QED) is 0.633. The molecule has 1 saturated carbocycles. The molecule has 1 amide bonds. The van der Waals surface area contributed by atoms with E-state index in [4.69, 9.17) is 9.47 Å². The number of carbonyl (C=O) groups is 2. The number of Topliss-reactive ketones (excluding diaryl/α,β-unsaturated/α-hetero) is 1. The van der Waals surface area contributed by atoms with Gasteiger partial charge in [0.1, 0.15) is 5.60 Å². The molecule has 2 aliphatic rings. The van der Waals surface area contributed by atoms with Gasteiger partial charge in [0.2, 0.25) is 5.91 Å². The number of benzene rings is 3. The summed E-state index contributed by atoms with van der Waals surface area (Å²) in [6.45, 7) is 0. The van der Waals surface area contributed by atoms with E-state index in [0.717, 1.165) is 5.56 Å². The number of aliphatic hydroxyl groups is 1. The van der Waals surface area contributed by atoms with E-state index in [0.29, 0.717) is 28.3 Å². The van der Waals surface area contributed by atoms with E-state index < -0.39 is 23.4 Å². The van der Waals surface area contributed by atoms with Gasteiger partial charge in [-0.2, -0.15) is 0 Å². The highest BCUT2D eigenvalue weighted by Gasteiger charge is 2.60. The molecule has 6 nitrogen and oxygen atoms in total. The molecule has 1 aliphatic heterocycles. The van der Waals surface area contributed by atoms with Gasteiger partial charge in [-0.15, -0.1) is 0 Å². The van der Waals surface area contributed by atoms with Crippen LogP contribution in [-0.4, -0.2) is 31.0 Å². The van der Waals surface area contributed by atoms with Crippen molar-refractivity contribution < 1.29 is 24.2 Å². The number of ether oxygens (including phenoxy) is 2. The molecule has 0 bridgehead atoms. The Kier molecular flexibility index (Phi) is 5.17. The lowest BCUT2D eigenvalue weighted by Gasteiger charge is -2.30. The number of amides is 1. The second kappa shape index (κ2) is 8.05. The molecule has 0 spiro atoms. The minimum Gasteiger partial charge on any atom is -0.493 e. The Morgan fingerprint density at radius 3 is 2.33 bits per heavy atom. The Hall–Kier alpha value is -3.64. The maximum Gasteiger partial charge on any atom is 0.231 e. The monoisotopic (exact) mass is 443 g/mol. The van der Waals surface area contributed by atoms with Crippen LogP contribution in [-0.2, 0) is 10.4 Å². The number of rotatable bonds is 4. The van der Waals surface area contributed by atoms with Gasteiger partial charge in [-0.1, -0.05) is 48.5 Å². The Balaban J connectivity index is 1.70. The summed E-state index contributed by atoms with van der Waals surface area (Å²) in [5.74, 6) is -1.48. The zero-order valence-electron chi connectivity index (χ0n) is 18.4. The molecule has 168 valence electrons. The van der Waals surface area contributed by atoms with Crippen molar-refractivity contribution in [1.29, 1.82) is 0 Å². The summed E-state index contributed by atoms with van der Waals surface area (Å²) in [7, 11) is 3.12.